The van der Waals surface area contributed by atoms with E-state index in [0.29, 0.717) is 12.5 Å². The maximum Gasteiger partial charge on any atom is 0.267 e. The predicted molar refractivity (Wildman–Crippen MR) is 98.1 cm³/mol. The first-order valence-corrected chi connectivity index (χ1v) is 9.42. The molecule has 0 spiro atoms. The Labute approximate surface area is 147 Å². The summed E-state index contributed by atoms with van der Waals surface area (Å²) >= 11 is 5.22. The van der Waals surface area contributed by atoms with Crippen LogP contribution in [0.5, 0.6) is 0 Å². The molecule has 0 saturated heterocycles. The van der Waals surface area contributed by atoms with E-state index in [1.165, 1.54) is 18.4 Å². The largest absolute Gasteiger partial charge is 0.350 e. The van der Waals surface area contributed by atoms with Crippen LogP contribution < -0.4 is 5.32 Å². The molecule has 1 N–H and O–H groups in total. The number of thiophene rings is 1. The lowest BCUT2D eigenvalue weighted by molar-refractivity contribution is 0.0943. The standard InChI is InChI=1S/C18H17BrN2OS/c19-17-9-14-16(23-17)8-15(18(22)20-10-12-6-7-12)21(14)11-13-4-2-1-3-5-13/h1-5,8-9,12H,6-7,10-11H2,(H,20,22). The number of hydrogen-bond donors (Lipinski definition) is 1. The van der Waals surface area contributed by atoms with E-state index in [0.717, 1.165) is 26.2 Å². The van der Waals surface area contributed by atoms with Gasteiger partial charge in [-0.1, -0.05) is 30.3 Å². The molecular weight excluding hydrogens is 372 g/mol. The first-order chi connectivity index (χ1) is 11.2. The number of hydrogen-bond acceptors (Lipinski definition) is 2. The van der Waals surface area contributed by atoms with Crippen molar-refractivity contribution in [2.45, 2.75) is 19.4 Å². The van der Waals surface area contributed by atoms with Crippen LogP contribution in [0.3, 0.4) is 0 Å². The lowest BCUT2D eigenvalue weighted by Crippen LogP contribution is -2.27. The van der Waals surface area contributed by atoms with E-state index in [9.17, 15) is 4.79 Å². The smallest absolute Gasteiger partial charge is 0.267 e. The molecule has 1 amide bonds. The Kier molecular flexibility index (Phi) is 3.99. The Hall–Kier alpha value is -1.59. The van der Waals surface area contributed by atoms with E-state index in [-0.39, 0.29) is 5.91 Å². The Morgan fingerprint density at radius 3 is 2.78 bits per heavy atom. The molecule has 2 heterocycles. The van der Waals surface area contributed by atoms with Gasteiger partial charge in [0.15, 0.2) is 0 Å². The van der Waals surface area contributed by atoms with Gasteiger partial charge in [0, 0.05) is 13.1 Å². The zero-order valence-corrected chi connectivity index (χ0v) is 15.0. The van der Waals surface area contributed by atoms with Crippen LogP contribution in [-0.4, -0.2) is 17.0 Å². The molecule has 0 atom stereocenters. The normalized spacial score (nSPS) is 14.3. The van der Waals surface area contributed by atoms with Gasteiger partial charge in [0.2, 0.25) is 0 Å². The fourth-order valence-electron chi connectivity index (χ4n) is 2.79. The van der Waals surface area contributed by atoms with Gasteiger partial charge in [-0.25, -0.2) is 0 Å². The van der Waals surface area contributed by atoms with E-state index >= 15 is 0 Å². The molecule has 0 aliphatic heterocycles. The van der Waals surface area contributed by atoms with Crippen molar-refractivity contribution in [1.82, 2.24) is 9.88 Å². The van der Waals surface area contributed by atoms with Gasteiger partial charge in [-0.2, -0.15) is 0 Å². The highest BCUT2D eigenvalue weighted by Gasteiger charge is 2.23. The molecule has 0 radical (unpaired) electrons. The zero-order valence-electron chi connectivity index (χ0n) is 12.6. The van der Waals surface area contributed by atoms with E-state index in [2.05, 4.69) is 44.0 Å². The average molecular weight is 389 g/mol. The average Bonchev–Trinajstić information content (AvgIpc) is 3.23. The second-order valence-electron chi connectivity index (χ2n) is 6.05. The topological polar surface area (TPSA) is 34.0 Å². The summed E-state index contributed by atoms with van der Waals surface area (Å²) in [6.45, 7) is 1.51. The number of benzene rings is 1. The highest BCUT2D eigenvalue weighted by Crippen LogP contribution is 2.33. The summed E-state index contributed by atoms with van der Waals surface area (Å²) in [4.78, 5) is 12.6. The molecule has 0 unspecified atom stereocenters. The zero-order chi connectivity index (χ0) is 15.8. The first kappa shape index (κ1) is 15.0. The summed E-state index contributed by atoms with van der Waals surface area (Å²) < 4.78 is 4.35. The molecule has 1 aromatic carbocycles. The van der Waals surface area contributed by atoms with Crippen LogP contribution in [0, 0.1) is 5.92 Å². The van der Waals surface area contributed by atoms with Crippen molar-refractivity contribution in [3.63, 3.8) is 0 Å². The minimum absolute atomic E-state index is 0.0346. The Morgan fingerprint density at radius 1 is 1.26 bits per heavy atom. The lowest BCUT2D eigenvalue weighted by atomic mass is 10.2. The van der Waals surface area contributed by atoms with Crippen LogP contribution in [0.1, 0.15) is 28.9 Å². The van der Waals surface area contributed by atoms with Crippen molar-refractivity contribution < 1.29 is 4.79 Å². The number of carbonyl (C=O) groups excluding carboxylic acids is 1. The third-order valence-electron chi connectivity index (χ3n) is 4.22. The molecule has 2 aromatic heterocycles. The minimum Gasteiger partial charge on any atom is -0.350 e. The second-order valence-corrected chi connectivity index (χ2v) is 8.52. The number of nitrogens with one attached hydrogen (secondary N) is 1. The monoisotopic (exact) mass is 388 g/mol. The fourth-order valence-corrected chi connectivity index (χ4v) is 4.35. The molecule has 1 aliphatic carbocycles. The van der Waals surface area contributed by atoms with Gasteiger partial charge in [0.1, 0.15) is 5.69 Å². The molecule has 1 saturated carbocycles. The lowest BCUT2D eigenvalue weighted by Gasteiger charge is -2.11. The van der Waals surface area contributed by atoms with Gasteiger partial charge < -0.3 is 9.88 Å². The van der Waals surface area contributed by atoms with E-state index in [4.69, 9.17) is 0 Å². The van der Waals surface area contributed by atoms with Crippen molar-refractivity contribution >= 4 is 43.4 Å². The van der Waals surface area contributed by atoms with Crippen LogP contribution in [0.25, 0.3) is 10.2 Å². The SMILES string of the molecule is O=C(NCC1CC1)c1cc2sc(Br)cc2n1Cc1ccccc1. The van der Waals surface area contributed by atoms with E-state index in [1.807, 2.05) is 24.3 Å². The van der Waals surface area contributed by atoms with Gasteiger partial charge in [-0.3, -0.25) is 4.79 Å². The van der Waals surface area contributed by atoms with Gasteiger partial charge in [0.05, 0.1) is 14.0 Å². The van der Waals surface area contributed by atoms with Gasteiger partial charge in [-0.15, -0.1) is 11.3 Å². The molecule has 3 nitrogen and oxygen atoms in total. The summed E-state index contributed by atoms with van der Waals surface area (Å²) in [7, 11) is 0. The number of fused-ring (bicyclic) bond motifs is 1. The maximum atomic E-state index is 12.6. The molecule has 0 bridgehead atoms. The van der Waals surface area contributed by atoms with E-state index in [1.54, 1.807) is 11.3 Å². The third kappa shape index (κ3) is 3.21. The Bertz CT molecular complexity index is 849. The summed E-state index contributed by atoms with van der Waals surface area (Å²) in [5.74, 6) is 0.721. The summed E-state index contributed by atoms with van der Waals surface area (Å²) in [6.07, 6.45) is 2.49. The van der Waals surface area contributed by atoms with Gasteiger partial charge in [-0.05, 0) is 52.4 Å². The summed E-state index contributed by atoms with van der Waals surface area (Å²) in [6, 6.07) is 14.4. The van der Waals surface area contributed by atoms with Crippen LogP contribution in [0.4, 0.5) is 0 Å². The van der Waals surface area contributed by atoms with E-state index < -0.39 is 0 Å². The first-order valence-electron chi connectivity index (χ1n) is 7.81. The summed E-state index contributed by atoms with van der Waals surface area (Å²) in [5, 5.41) is 3.09. The quantitative estimate of drug-likeness (QED) is 0.677. The number of rotatable bonds is 5. The predicted octanol–water partition coefficient (Wildman–Crippen LogP) is 4.65. The number of carbonyl (C=O) groups is 1. The second kappa shape index (κ2) is 6.13. The molecule has 1 fully saturated rings. The minimum atomic E-state index is 0.0346. The molecule has 4 rings (SSSR count). The van der Waals surface area contributed by atoms with Gasteiger partial charge >= 0.3 is 0 Å². The molecular formula is C18H17BrN2OS. The Balaban J connectivity index is 1.68. The van der Waals surface area contributed by atoms with Gasteiger partial charge in [0.25, 0.3) is 5.91 Å². The molecule has 5 heteroatoms. The number of halogens is 1. The fraction of sp³-hybridized carbons (Fsp3) is 0.278. The van der Waals surface area contributed by atoms with Crippen molar-refractivity contribution in [3.05, 3.63) is 57.5 Å². The maximum absolute atomic E-state index is 12.6. The molecule has 1 aliphatic rings. The van der Waals surface area contributed by atoms with Crippen molar-refractivity contribution in [2.24, 2.45) is 5.92 Å². The Morgan fingerprint density at radius 2 is 2.04 bits per heavy atom. The third-order valence-corrected chi connectivity index (χ3v) is 5.80. The number of amides is 1. The highest BCUT2D eigenvalue weighted by molar-refractivity contribution is 9.11. The molecule has 23 heavy (non-hydrogen) atoms. The van der Waals surface area contributed by atoms with Crippen LogP contribution >= 0.6 is 27.3 Å². The van der Waals surface area contributed by atoms with Crippen LogP contribution in [-0.2, 0) is 6.54 Å². The van der Waals surface area contributed by atoms with Crippen molar-refractivity contribution in [3.8, 4) is 0 Å². The van der Waals surface area contributed by atoms with Crippen molar-refractivity contribution in [2.75, 3.05) is 6.54 Å². The molecule has 3 aromatic rings. The number of aromatic nitrogens is 1. The molecule has 118 valence electrons. The summed E-state index contributed by atoms with van der Waals surface area (Å²) in [5.41, 5.74) is 3.06. The highest BCUT2D eigenvalue weighted by atomic mass is 79.9. The van der Waals surface area contributed by atoms with Crippen molar-refractivity contribution in [1.29, 1.82) is 0 Å². The number of nitrogens with zero attached hydrogens (tertiary/aromatic N) is 1. The van der Waals surface area contributed by atoms with Crippen LogP contribution in [0.15, 0.2) is 46.3 Å². The van der Waals surface area contributed by atoms with Crippen LogP contribution in [0.2, 0.25) is 0 Å².